The Bertz CT molecular complexity index is 643. The number of aromatic nitrogens is 3. The molecule has 0 radical (unpaired) electrons. The van der Waals surface area contributed by atoms with E-state index in [1.807, 2.05) is 47.3 Å². The topological polar surface area (TPSA) is 56.7 Å². The number of fused-ring (bicyclic) bond motifs is 1. The Balaban J connectivity index is 2.19. The molecule has 0 fully saturated rings. The maximum Gasteiger partial charge on any atom is 0.162 e. The van der Waals surface area contributed by atoms with Gasteiger partial charge in [0.25, 0.3) is 0 Å². The second-order valence-electron chi connectivity index (χ2n) is 3.85. The molecule has 0 bridgehead atoms. The van der Waals surface area contributed by atoms with Gasteiger partial charge in [-0.3, -0.25) is 0 Å². The predicted octanol–water partition coefficient (Wildman–Crippen LogP) is 1.88. The normalized spacial score (nSPS) is 10.9. The number of hydrogen-bond donors (Lipinski definition) is 1. The minimum atomic E-state index is 0.499. The van der Waals surface area contributed by atoms with Gasteiger partial charge >= 0.3 is 0 Å². The maximum atomic E-state index is 5.59. The van der Waals surface area contributed by atoms with Crippen LogP contribution < -0.4 is 5.73 Å². The van der Waals surface area contributed by atoms with Crippen molar-refractivity contribution >= 4 is 11.0 Å². The van der Waals surface area contributed by atoms with Gasteiger partial charge in [0.05, 0.1) is 11.9 Å². The van der Waals surface area contributed by atoms with E-state index >= 15 is 0 Å². The number of para-hydroxylation sites is 1. The quantitative estimate of drug-likeness (QED) is 0.723. The molecule has 0 saturated carbocycles. The van der Waals surface area contributed by atoms with Crippen LogP contribution in [0.3, 0.4) is 0 Å². The second-order valence-corrected chi connectivity index (χ2v) is 3.85. The van der Waals surface area contributed by atoms with E-state index in [-0.39, 0.29) is 0 Å². The van der Waals surface area contributed by atoms with Crippen LogP contribution in [-0.2, 0) is 6.54 Å². The molecule has 0 aliphatic carbocycles. The third-order valence-corrected chi connectivity index (χ3v) is 2.70. The van der Waals surface area contributed by atoms with Crippen LogP contribution in [-0.4, -0.2) is 14.8 Å². The highest BCUT2D eigenvalue weighted by atomic mass is 15.3. The molecule has 0 atom stereocenters. The minimum absolute atomic E-state index is 0.499. The molecule has 0 spiro atoms. The first-order valence-electron chi connectivity index (χ1n) is 5.46. The summed E-state index contributed by atoms with van der Waals surface area (Å²) >= 11 is 0. The van der Waals surface area contributed by atoms with E-state index in [4.69, 9.17) is 5.73 Å². The molecule has 0 aliphatic rings. The average Bonchev–Trinajstić information content (AvgIpc) is 2.82. The maximum absolute atomic E-state index is 5.59. The van der Waals surface area contributed by atoms with Crippen LogP contribution in [0.4, 0.5) is 0 Å². The molecule has 3 rings (SSSR count). The highest BCUT2D eigenvalue weighted by molar-refractivity contribution is 5.76. The molecule has 2 aromatic heterocycles. The molecule has 17 heavy (non-hydrogen) atoms. The van der Waals surface area contributed by atoms with Crippen molar-refractivity contribution in [3.05, 3.63) is 54.4 Å². The predicted molar refractivity (Wildman–Crippen MR) is 66.8 cm³/mol. The lowest BCUT2D eigenvalue weighted by molar-refractivity contribution is 0.895. The number of rotatable bonds is 2. The third-order valence-electron chi connectivity index (χ3n) is 2.70. The van der Waals surface area contributed by atoms with E-state index in [1.54, 1.807) is 6.20 Å². The summed E-state index contributed by atoms with van der Waals surface area (Å²) in [6.45, 7) is 0.499. The zero-order chi connectivity index (χ0) is 11.7. The first-order chi connectivity index (χ1) is 8.38. The summed E-state index contributed by atoms with van der Waals surface area (Å²) in [5.41, 5.74) is 8.47. The van der Waals surface area contributed by atoms with Crippen LogP contribution >= 0.6 is 0 Å². The fraction of sp³-hybridized carbons (Fsp3) is 0.0769. The van der Waals surface area contributed by atoms with Crippen LogP contribution in [0, 0.1) is 0 Å². The summed E-state index contributed by atoms with van der Waals surface area (Å²) in [6, 6.07) is 12.0. The standard InChI is InChI=1S/C13H12N4/c14-7-10-6-11-9-16-17(13(11)15-8-10)12-4-2-1-3-5-12/h1-6,8-9H,7,14H2. The van der Waals surface area contributed by atoms with Gasteiger partial charge < -0.3 is 5.73 Å². The molecule has 0 amide bonds. The van der Waals surface area contributed by atoms with Crippen LogP contribution in [0.5, 0.6) is 0 Å². The van der Waals surface area contributed by atoms with Crippen LogP contribution in [0.2, 0.25) is 0 Å². The summed E-state index contributed by atoms with van der Waals surface area (Å²) in [6.07, 6.45) is 3.61. The summed E-state index contributed by atoms with van der Waals surface area (Å²) in [7, 11) is 0. The van der Waals surface area contributed by atoms with Gasteiger partial charge in [0, 0.05) is 18.1 Å². The van der Waals surface area contributed by atoms with Gasteiger partial charge in [-0.25, -0.2) is 9.67 Å². The van der Waals surface area contributed by atoms with Crippen LogP contribution in [0.15, 0.2) is 48.8 Å². The van der Waals surface area contributed by atoms with Gasteiger partial charge in [0.2, 0.25) is 0 Å². The zero-order valence-corrected chi connectivity index (χ0v) is 9.24. The van der Waals surface area contributed by atoms with Crippen molar-refractivity contribution in [1.82, 2.24) is 14.8 Å². The van der Waals surface area contributed by atoms with Gasteiger partial charge in [0.1, 0.15) is 0 Å². The Labute approximate surface area is 98.7 Å². The molecule has 0 unspecified atom stereocenters. The van der Waals surface area contributed by atoms with Crippen molar-refractivity contribution in [1.29, 1.82) is 0 Å². The van der Waals surface area contributed by atoms with E-state index < -0.39 is 0 Å². The molecule has 2 heterocycles. The van der Waals surface area contributed by atoms with Gasteiger partial charge in [-0.15, -0.1) is 0 Å². The van der Waals surface area contributed by atoms with Crippen molar-refractivity contribution in [2.24, 2.45) is 5.73 Å². The molecule has 1 aromatic carbocycles. The van der Waals surface area contributed by atoms with Crippen molar-refractivity contribution in [3.8, 4) is 5.69 Å². The van der Waals surface area contributed by atoms with Gasteiger partial charge in [-0.2, -0.15) is 5.10 Å². The Morgan fingerprint density at radius 1 is 1.12 bits per heavy atom. The molecule has 2 N–H and O–H groups in total. The number of hydrogen-bond acceptors (Lipinski definition) is 3. The summed E-state index contributed by atoms with van der Waals surface area (Å²) in [5, 5.41) is 5.37. The van der Waals surface area contributed by atoms with Gasteiger partial charge in [0.15, 0.2) is 5.65 Å². The number of pyridine rings is 1. The minimum Gasteiger partial charge on any atom is -0.326 e. The fourth-order valence-electron chi connectivity index (χ4n) is 1.84. The SMILES string of the molecule is NCc1cnc2c(cnn2-c2ccccc2)c1. The molecular formula is C13H12N4. The average molecular weight is 224 g/mol. The van der Waals surface area contributed by atoms with Crippen molar-refractivity contribution in [3.63, 3.8) is 0 Å². The Kier molecular flexibility index (Phi) is 2.34. The van der Waals surface area contributed by atoms with Gasteiger partial charge in [-0.05, 0) is 23.8 Å². The lowest BCUT2D eigenvalue weighted by atomic mass is 10.2. The summed E-state index contributed by atoms with van der Waals surface area (Å²) in [5.74, 6) is 0. The number of nitrogens with zero attached hydrogens (tertiary/aromatic N) is 3. The highest BCUT2D eigenvalue weighted by Crippen LogP contribution is 2.16. The molecule has 0 saturated heterocycles. The Morgan fingerprint density at radius 3 is 2.71 bits per heavy atom. The zero-order valence-electron chi connectivity index (χ0n) is 9.24. The molecule has 84 valence electrons. The van der Waals surface area contributed by atoms with E-state index in [9.17, 15) is 0 Å². The number of nitrogens with two attached hydrogens (primary N) is 1. The van der Waals surface area contributed by atoms with E-state index in [0.717, 1.165) is 22.3 Å². The van der Waals surface area contributed by atoms with E-state index in [2.05, 4.69) is 10.1 Å². The van der Waals surface area contributed by atoms with E-state index in [1.165, 1.54) is 0 Å². The first-order valence-corrected chi connectivity index (χ1v) is 5.46. The van der Waals surface area contributed by atoms with Crippen LogP contribution in [0.1, 0.15) is 5.56 Å². The first kappa shape index (κ1) is 9.99. The monoisotopic (exact) mass is 224 g/mol. The Morgan fingerprint density at radius 2 is 1.94 bits per heavy atom. The van der Waals surface area contributed by atoms with Crippen molar-refractivity contribution in [2.75, 3.05) is 0 Å². The summed E-state index contributed by atoms with van der Waals surface area (Å²) in [4.78, 5) is 4.41. The Hall–Kier alpha value is -2.20. The fourth-order valence-corrected chi connectivity index (χ4v) is 1.84. The van der Waals surface area contributed by atoms with Crippen LogP contribution in [0.25, 0.3) is 16.7 Å². The molecular weight excluding hydrogens is 212 g/mol. The van der Waals surface area contributed by atoms with E-state index in [0.29, 0.717) is 6.54 Å². The smallest absolute Gasteiger partial charge is 0.162 e. The molecule has 4 nitrogen and oxygen atoms in total. The summed E-state index contributed by atoms with van der Waals surface area (Å²) < 4.78 is 1.83. The highest BCUT2D eigenvalue weighted by Gasteiger charge is 2.05. The third kappa shape index (κ3) is 1.68. The second kappa shape index (κ2) is 3.99. The van der Waals surface area contributed by atoms with Crippen molar-refractivity contribution in [2.45, 2.75) is 6.54 Å². The van der Waals surface area contributed by atoms with Gasteiger partial charge in [-0.1, -0.05) is 18.2 Å². The van der Waals surface area contributed by atoms with Crippen molar-refractivity contribution < 1.29 is 0 Å². The molecule has 0 aliphatic heterocycles. The largest absolute Gasteiger partial charge is 0.326 e. The lowest BCUT2D eigenvalue weighted by Crippen LogP contribution is -1.99. The number of benzene rings is 1. The molecule has 3 aromatic rings. The molecule has 4 heteroatoms. The lowest BCUT2D eigenvalue weighted by Gasteiger charge is -2.02.